The van der Waals surface area contributed by atoms with Crippen molar-refractivity contribution in [2.45, 2.75) is 55.4 Å². The highest BCUT2D eigenvalue weighted by Crippen LogP contribution is 2.27. The van der Waals surface area contributed by atoms with Crippen molar-refractivity contribution >= 4 is 21.5 Å². The molecule has 4 aromatic rings. The van der Waals surface area contributed by atoms with E-state index in [1.54, 1.807) is 12.2 Å². The Morgan fingerprint density at radius 1 is 0.438 bits per heavy atom. The van der Waals surface area contributed by atoms with E-state index in [0.29, 0.717) is 0 Å². The maximum absolute atomic E-state index is 3.36. The van der Waals surface area contributed by atoms with Crippen molar-refractivity contribution in [3.8, 4) is 11.1 Å². The van der Waals surface area contributed by atoms with Gasteiger partial charge in [0.1, 0.15) is 0 Å². The van der Waals surface area contributed by atoms with Crippen molar-refractivity contribution in [3.63, 3.8) is 0 Å². The third-order valence-corrected chi connectivity index (χ3v) is 3.83. The lowest BCUT2D eigenvalue weighted by molar-refractivity contribution is 1.50. The van der Waals surface area contributed by atoms with E-state index in [2.05, 4.69) is 98.1 Å². The van der Waals surface area contributed by atoms with E-state index in [0.717, 1.165) is 0 Å². The van der Waals surface area contributed by atoms with Crippen LogP contribution in [0.1, 0.15) is 55.4 Å². The van der Waals surface area contributed by atoms with E-state index >= 15 is 0 Å². The minimum Gasteiger partial charge on any atom is -0.103 e. The fourth-order valence-electron chi connectivity index (χ4n) is 2.74. The summed E-state index contributed by atoms with van der Waals surface area (Å²) in [5.41, 5.74) is 2.55. The fourth-order valence-corrected chi connectivity index (χ4v) is 2.74. The monoisotopic (exact) mass is 428 g/mol. The lowest BCUT2D eigenvalue weighted by Crippen LogP contribution is -1.80. The third-order valence-electron chi connectivity index (χ3n) is 3.83. The normalized spacial score (nSPS) is 8.25. The average molecular weight is 429 g/mol. The summed E-state index contributed by atoms with van der Waals surface area (Å²) >= 11 is 0. The Balaban J connectivity index is 0. The predicted molar refractivity (Wildman–Crippen MR) is 153 cm³/mol. The summed E-state index contributed by atoms with van der Waals surface area (Å²) in [6.45, 7) is 22.5. The van der Waals surface area contributed by atoms with Gasteiger partial charge in [-0.05, 0) is 58.7 Å². The first-order valence-electron chi connectivity index (χ1n) is 11.9. The predicted octanol–water partition coefficient (Wildman–Crippen LogP) is 11.1. The molecule has 0 heterocycles. The van der Waals surface area contributed by atoms with E-state index in [1.165, 1.54) is 32.7 Å². The molecule has 0 aliphatic rings. The van der Waals surface area contributed by atoms with Crippen molar-refractivity contribution in [1.82, 2.24) is 0 Å². The number of hydrogen-bond acceptors (Lipinski definition) is 0. The second-order valence-electron chi connectivity index (χ2n) is 5.94. The molecule has 0 N–H and O–H groups in total. The number of allylic oxidation sites excluding steroid dienone is 2. The Morgan fingerprint density at radius 2 is 0.688 bits per heavy atom. The Labute approximate surface area is 198 Å². The van der Waals surface area contributed by atoms with Gasteiger partial charge in [0.25, 0.3) is 0 Å². The molecule has 4 rings (SSSR count). The summed E-state index contributed by atoms with van der Waals surface area (Å²) in [5, 5.41) is 5.16. The number of hydrogen-bond donors (Lipinski definition) is 0. The van der Waals surface area contributed by atoms with Crippen LogP contribution in [0.15, 0.2) is 110 Å². The smallest absolute Gasteiger partial charge is 0.0177 e. The lowest BCUT2D eigenvalue weighted by atomic mass is 9.99. The van der Waals surface area contributed by atoms with Crippen LogP contribution in [0.2, 0.25) is 0 Å². The van der Waals surface area contributed by atoms with Crippen molar-refractivity contribution in [1.29, 1.82) is 0 Å². The van der Waals surface area contributed by atoms with Crippen LogP contribution in [0.3, 0.4) is 0 Å². The zero-order valence-electron chi connectivity index (χ0n) is 21.7. The molecular formula is C32H44. The minimum atomic E-state index is 1.27. The highest BCUT2D eigenvalue weighted by atomic mass is 14.1. The van der Waals surface area contributed by atoms with Gasteiger partial charge in [0.15, 0.2) is 0 Å². The van der Waals surface area contributed by atoms with Crippen LogP contribution >= 0.6 is 0 Å². The molecule has 0 saturated carbocycles. The van der Waals surface area contributed by atoms with Gasteiger partial charge >= 0.3 is 0 Å². The van der Waals surface area contributed by atoms with Crippen LogP contribution in [-0.4, -0.2) is 0 Å². The van der Waals surface area contributed by atoms with Gasteiger partial charge in [-0.15, -0.1) is 13.2 Å². The Kier molecular flexibility index (Phi) is 20.5. The van der Waals surface area contributed by atoms with Gasteiger partial charge in [0.05, 0.1) is 0 Å². The maximum Gasteiger partial charge on any atom is -0.0177 e. The van der Waals surface area contributed by atoms with Crippen molar-refractivity contribution in [3.05, 3.63) is 110 Å². The molecule has 0 radical (unpaired) electrons. The molecule has 0 aliphatic carbocycles. The number of rotatable bonds is 1. The Hall–Kier alpha value is -3.12. The first kappa shape index (κ1) is 31.1. The molecule has 0 saturated heterocycles. The molecule has 0 aromatic heterocycles. The second-order valence-corrected chi connectivity index (χ2v) is 5.94. The summed E-state index contributed by atoms with van der Waals surface area (Å²) in [6.07, 6.45) is 3.50. The Morgan fingerprint density at radius 3 is 0.969 bits per heavy atom. The number of fused-ring (bicyclic) bond motifs is 2. The average Bonchev–Trinajstić information content (AvgIpc) is 2.88. The molecule has 172 valence electrons. The molecule has 4 aromatic carbocycles. The SMILES string of the molecule is C=CC.C=CC.CC.CC.CC.c1ccc2cc(-c3ccc4ccccc4c3)ccc2c1. The summed E-state index contributed by atoms with van der Waals surface area (Å²) in [5.74, 6) is 0. The van der Waals surface area contributed by atoms with Crippen LogP contribution < -0.4 is 0 Å². The summed E-state index contributed by atoms with van der Waals surface area (Å²) in [7, 11) is 0. The number of benzene rings is 4. The van der Waals surface area contributed by atoms with E-state index in [4.69, 9.17) is 0 Å². The zero-order valence-corrected chi connectivity index (χ0v) is 21.7. The van der Waals surface area contributed by atoms with Crippen molar-refractivity contribution < 1.29 is 0 Å². The zero-order chi connectivity index (χ0) is 24.8. The van der Waals surface area contributed by atoms with Gasteiger partial charge in [0.2, 0.25) is 0 Å². The van der Waals surface area contributed by atoms with Gasteiger partial charge in [0, 0.05) is 0 Å². The molecule has 32 heavy (non-hydrogen) atoms. The highest BCUT2D eigenvalue weighted by molar-refractivity contribution is 5.91. The Bertz CT molecular complexity index is 909. The quantitative estimate of drug-likeness (QED) is 0.264. The van der Waals surface area contributed by atoms with E-state index in [-0.39, 0.29) is 0 Å². The summed E-state index contributed by atoms with van der Waals surface area (Å²) in [4.78, 5) is 0. The molecule has 0 amide bonds. The maximum atomic E-state index is 3.36. The van der Waals surface area contributed by atoms with Gasteiger partial charge < -0.3 is 0 Å². The van der Waals surface area contributed by atoms with Gasteiger partial charge in [-0.25, -0.2) is 0 Å². The molecule has 0 bridgehead atoms. The molecule has 0 aliphatic heterocycles. The second kappa shape index (κ2) is 21.1. The topological polar surface area (TPSA) is 0 Å². The first-order chi connectivity index (χ1) is 15.7. The largest absolute Gasteiger partial charge is 0.103 e. The molecule has 0 spiro atoms. The van der Waals surface area contributed by atoms with Crippen LogP contribution in [0, 0.1) is 0 Å². The van der Waals surface area contributed by atoms with Gasteiger partial charge in [-0.3, -0.25) is 0 Å². The standard InChI is InChI=1S/C20H14.2C3H6.3C2H6/c1-3-7-17-13-19(11-9-15(17)5-1)20-12-10-16-6-2-4-8-18(16)14-20;2*1-3-2;3*1-2/h1-14H;2*3H,1H2,2H3;3*1-2H3. The van der Waals surface area contributed by atoms with Crippen LogP contribution in [0.4, 0.5) is 0 Å². The summed E-state index contributed by atoms with van der Waals surface area (Å²) < 4.78 is 0. The lowest BCUT2D eigenvalue weighted by Gasteiger charge is -2.06. The van der Waals surface area contributed by atoms with Gasteiger partial charge in [-0.1, -0.05) is 126 Å². The molecule has 0 heteroatoms. The molecular weight excluding hydrogens is 384 g/mol. The fraction of sp³-hybridized carbons (Fsp3) is 0.250. The molecule has 0 nitrogen and oxygen atoms in total. The third kappa shape index (κ3) is 10.8. The van der Waals surface area contributed by atoms with Crippen molar-refractivity contribution in [2.24, 2.45) is 0 Å². The molecule has 0 unspecified atom stereocenters. The van der Waals surface area contributed by atoms with Crippen LogP contribution in [-0.2, 0) is 0 Å². The van der Waals surface area contributed by atoms with Crippen molar-refractivity contribution in [2.75, 3.05) is 0 Å². The van der Waals surface area contributed by atoms with E-state index < -0.39 is 0 Å². The molecule has 0 atom stereocenters. The minimum absolute atomic E-state index is 1.27. The summed E-state index contributed by atoms with van der Waals surface area (Å²) in [6, 6.07) is 30.3. The molecule has 0 fully saturated rings. The van der Waals surface area contributed by atoms with E-state index in [9.17, 15) is 0 Å². The van der Waals surface area contributed by atoms with Crippen LogP contribution in [0.5, 0.6) is 0 Å². The van der Waals surface area contributed by atoms with E-state index in [1.807, 2.05) is 55.4 Å². The van der Waals surface area contributed by atoms with Crippen LogP contribution in [0.25, 0.3) is 32.7 Å². The first-order valence-corrected chi connectivity index (χ1v) is 11.9. The highest BCUT2D eigenvalue weighted by Gasteiger charge is 2.01. The van der Waals surface area contributed by atoms with Gasteiger partial charge in [-0.2, -0.15) is 0 Å².